The maximum atomic E-state index is 11.3. The first kappa shape index (κ1) is 15.6. The Morgan fingerprint density at radius 3 is 2.05 bits per heavy atom. The van der Waals surface area contributed by atoms with Crippen molar-refractivity contribution in [1.29, 1.82) is 0 Å². The van der Waals surface area contributed by atoms with Crippen LogP contribution in [0.25, 0.3) is 10.8 Å². The van der Waals surface area contributed by atoms with E-state index in [-0.39, 0.29) is 0 Å². The summed E-state index contributed by atoms with van der Waals surface area (Å²) in [7, 11) is 0. The summed E-state index contributed by atoms with van der Waals surface area (Å²) in [6.45, 7) is 4.00. The molecule has 0 saturated heterocycles. The molecule has 3 aromatic rings. The minimum atomic E-state index is -0.910. The molecule has 3 aromatic carbocycles. The van der Waals surface area contributed by atoms with E-state index in [4.69, 9.17) is 0 Å². The fraction of sp³-hybridized carbons (Fsp3) is 0.105. The van der Waals surface area contributed by atoms with Crippen LogP contribution in [0.15, 0.2) is 66.7 Å². The van der Waals surface area contributed by atoms with Crippen LogP contribution in [-0.4, -0.2) is 11.1 Å². The van der Waals surface area contributed by atoms with Gasteiger partial charge in [0, 0.05) is 16.8 Å². The number of carboxylic acid groups (broad SMARTS) is 1. The number of anilines is 2. The van der Waals surface area contributed by atoms with Crippen molar-refractivity contribution in [3.8, 4) is 0 Å². The van der Waals surface area contributed by atoms with Crippen LogP contribution >= 0.6 is 0 Å². The van der Waals surface area contributed by atoms with E-state index in [1.807, 2.05) is 68.4 Å². The number of rotatable bonds is 3. The summed E-state index contributed by atoms with van der Waals surface area (Å²) in [5.74, 6) is -0.910. The van der Waals surface area contributed by atoms with Crippen molar-refractivity contribution >= 4 is 28.1 Å². The number of benzene rings is 3. The number of nitrogens with one attached hydrogen (secondary N) is 1. The molecule has 3 nitrogen and oxygen atoms in total. The molecule has 22 heavy (non-hydrogen) atoms. The van der Waals surface area contributed by atoms with Gasteiger partial charge in [0.2, 0.25) is 0 Å². The standard InChI is InChI=1S/C17H13NO2.C2H6/c19-17(20)15-10-11-16(14-9-5-4-8-13(14)15)18-12-6-2-1-3-7-12;1-2/h1-11,18H,(H,19,20);1-2H3. The lowest BCUT2D eigenvalue weighted by molar-refractivity contribution is 0.0699. The number of fused-ring (bicyclic) bond motifs is 1. The average molecular weight is 293 g/mol. The van der Waals surface area contributed by atoms with Gasteiger partial charge in [-0.3, -0.25) is 0 Å². The number of para-hydroxylation sites is 1. The molecule has 0 atom stereocenters. The molecule has 112 valence electrons. The first-order chi connectivity index (χ1) is 10.8. The van der Waals surface area contributed by atoms with Gasteiger partial charge in [-0.05, 0) is 29.7 Å². The van der Waals surface area contributed by atoms with Crippen LogP contribution < -0.4 is 5.32 Å². The summed E-state index contributed by atoms with van der Waals surface area (Å²) < 4.78 is 0. The first-order valence-electron chi connectivity index (χ1n) is 7.33. The van der Waals surface area contributed by atoms with E-state index in [1.54, 1.807) is 12.1 Å². The molecule has 0 spiro atoms. The van der Waals surface area contributed by atoms with Crippen LogP contribution in [0.3, 0.4) is 0 Å². The zero-order valence-electron chi connectivity index (χ0n) is 12.7. The third-order valence-electron chi connectivity index (χ3n) is 3.21. The second-order valence-corrected chi connectivity index (χ2v) is 4.50. The van der Waals surface area contributed by atoms with Gasteiger partial charge >= 0.3 is 5.97 Å². The van der Waals surface area contributed by atoms with Crippen molar-refractivity contribution in [1.82, 2.24) is 0 Å². The van der Waals surface area contributed by atoms with E-state index in [0.29, 0.717) is 5.56 Å². The summed E-state index contributed by atoms with van der Waals surface area (Å²) in [4.78, 5) is 11.3. The Kier molecular flexibility index (Phi) is 5.15. The summed E-state index contributed by atoms with van der Waals surface area (Å²) in [5, 5.41) is 14.2. The highest BCUT2D eigenvalue weighted by atomic mass is 16.4. The molecule has 0 saturated carbocycles. The molecule has 0 bridgehead atoms. The molecule has 0 aliphatic carbocycles. The summed E-state index contributed by atoms with van der Waals surface area (Å²) in [6.07, 6.45) is 0. The fourth-order valence-corrected chi connectivity index (χ4v) is 2.27. The second-order valence-electron chi connectivity index (χ2n) is 4.50. The Bertz CT molecular complexity index is 767. The Balaban J connectivity index is 0.000000847. The lowest BCUT2D eigenvalue weighted by Gasteiger charge is -2.11. The molecule has 0 heterocycles. The van der Waals surface area contributed by atoms with Crippen molar-refractivity contribution < 1.29 is 9.90 Å². The third kappa shape index (κ3) is 3.26. The minimum Gasteiger partial charge on any atom is -0.478 e. The number of carbonyl (C=O) groups is 1. The number of hydrogen-bond donors (Lipinski definition) is 2. The van der Waals surface area contributed by atoms with Gasteiger partial charge in [0.05, 0.1) is 5.56 Å². The predicted molar refractivity (Wildman–Crippen MR) is 92.0 cm³/mol. The monoisotopic (exact) mass is 293 g/mol. The zero-order valence-corrected chi connectivity index (χ0v) is 12.7. The van der Waals surface area contributed by atoms with Crippen molar-refractivity contribution in [2.45, 2.75) is 13.8 Å². The molecular formula is C19H19NO2. The highest BCUT2D eigenvalue weighted by Crippen LogP contribution is 2.29. The van der Waals surface area contributed by atoms with Crippen LogP contribution in [0.2, 0.25) is 0 Å². The number of aromatic carboxylic acids is 1. The highest BCUT2D eigenvalue weighted by Gasteiger charge is 2.10. The maximum absolute atomic E-state index is 11.3. The zero-order chi connectivity index (χ0) is 15.9. The smallest absolute Gasteiger partial charge is 0.336 e. The van der Waals surface area contributed by atoms with E-state index < -0.39 is 5.97 Å². The van der Waals surface area contributed by atoms with Crippen LogP contribution in [0.1, 0.15) is 24.2 Å². The van der Waals surface area contributed by atoms with Gasteiger partial charge in [-0.15, -0.1) is 0 Å². The van der Waals surface area contributed by atoms with Crippen molar-refractivity contribution in [2.75, 3.05) is 5.32 Å². The largest absolute Gasteiger partial charge is 0.478 e. The SMILES string of the molecule is CC.O=C(O)c1ccc(Nc2ccccc2)c2ccccc12. The maximum Gasteiger partial charge on any atom is 0.336 e. The van der Waals surface area contributed by atoms with Gasteiger partial charge in [0.25, 0.3) is 0 Å². The molecule has 3 heteroatoms. The number of hydrogen-bond acceptors (Lipinski definition) is 2. The molecule has 0 unspecified atom stereocenters. The average Bonchev–Trinajstić information content (AvgIpc) is 2.57. The Hall–Kier alpha value is -2.81. The summed E-state index contributed by atoms with van der Waals surface area (Å²) in [6, 6.07) is 20.8. The minimum absolute atomic E-state index is 0.319. The Morgan fingerprint density at radius 2 is 1.41 bits per heavy atom. The van der Waals surface area contributed by atoms with E-state index in [9.17, 15) is 9.90 Å². The van der Waals surface area contributed by atoms with Crippen molar-refractivity contribution in [2.24, 2.45) is 0 Å². The molecule has 0 aliphatic rings. The second kappa shape index (κ2) is 7.27. The van der Waals surface area contributed by atoms with Gasteiger partial charge < -0.3 is 10.4 Å². The molecule has 0 aliphatic heterocycles. The molecule has 0 aromatic heterocycles. The molecular weight excluding hydrogens is 274 g/mol. The van der Waals surface area contributed by atoms with Crippen LogP contribution in [0.4, 0.5) is 11.4 Å². The topological polar surface area (TPSA) is 49.3 Å². The highest BCUT2D eigenvalue weighted by molar-refractivity contribution is 6.08. The van der Waals surface area contributed by atoms with Gasteiger partial charge in [-0.2, -0.15) is 0 Å². The van der Waals surface area contributed by atoms with Gasteiger partial charge in [-0.25, -0.2) is 4.79 Å². The van der Waals surface area contributed by atoms with E-state index in [2.05, 4.69) is 5.32 Å². The first-order valence-corrected chi connectivity index (χ1v) is 7.33. The molecule has 3 rings (SSSR count). The predicted octanol–water partition coefficient (Wildman–Crippen LogP) is 5.31. The van der Waals surface area contributed by atoms with Crippen molar-refractivity contribution in [3.63, 3.8) is 0 Å². The number of carboxylic acids is 1. The van der Waals surface area contributed by atoms with Crippen LogP contribution in [0.5, 0.6) is 0 Å². The summed E-state index contributed by atoms with van der Waals surface area (Å²) in [5.41, 5.74) is 2.19. The Labute approximate surface area is 130 Å². The summed E-state index contributed by atoms with van der Waals surface area (Å²) >= 11 is 0. The molecule has 2 N–H and O–H groups in total. The van der Waals surface area contributed by atoms with E-state index in [0.717, 1.165) is 22.1 Å². The normalized spacial score (nSPS) is 9.73. The molecule has 0 radical (unpaired) electrons. The van der Waals surface area contributed by atoms with Gasteiger partial charge in [-0.1, -0.05) is 56.3 Å². The van der Waals surface area contributed by atoms with Crippen LogP contribution in [-0.2, 0) is 0 Å². The fourth-order valence-electron chi connectivity index (χ4n) is 2.27. The lowest BCUT2D eigenvalue weighted by Crippen LogP contribution is -1.99. The lowest BCUT2D eigenvalue weighted by atomic mass is 10.0. The molecule has 0 fully saturated rings. The Morgan fingerprint density at radius 1 is 0.818 bits per heavy atom. The quantitative estimate of drug-likeness (QED) is 0.688. The van der Waals surface area contributed by atoms with Crippen molar-refractivity contribution in [3.05, 3.63) is 72.3 Å². The van der Waals surface area contributed by atoms with Gasteiger partial charge in [0.1, 0.15) is 0 Å². The molecule has 0 amide bonds. The van der Waals surface area contributed by atoms with E-state index >= 15 is 0 Å². The van der Waals surface area contributed by atoms with E-state index in [1.165, 1.54) is 0 Å². The van der Waals surface area contributed by atoms with Gasteiger partial charge in [0.15, 0.2) is 0 Å². The third-order valence-corrected chi connectivity index (χ3v) is 3.21. The van der Waals surface area contributed by atoms with Crippen LogP contribution in [0, 0.1) is 0 Å².